The van der Waals surface area contributed by atoms with Crippen molar-refractivity contribution >= 4 is 30.3 Å². The molecule has 0 saturated heterocycles. The summed E-state index contributed by atoms with van der Waals surface area (Å²) in [4.78, 5) is 27.1. The second-order valence-corrected chi connectivity index (χ2v) is 7.90. The van der Waals surface area contributed by atoms with E-state index in [1.54, 1.807) is 0 Å². The van der Waals surface area contributed by atoms with Gasteiger partial charge in [0.1, 0.15) is 0 Å². The zero-order valence-corrected chi connectivity index (χ0v) is 13.9. The highest BCUT2D eigenvalue weighted by Crippen LogP contribution is 2.28. The lowest BCUT2D eigenvalue weighted by Crippen LogP contribution is -2.35. The molecule has 0 aliphatic carbocycles. The fraction of sp³-hybridized carbons (Fsp3) is 0.222. The molecule has 0 aliphatic heterocycles. The Kier molecular flexibility index (Phi) is 4.75. The lowest BCUT2D eigenvalue weighted by molar-refractivity contribution is 0.226. The van der Waals surface area contributed by atoms with Crippen LogP contribution in [0.5, 0.6) is 0 Å². The first-order valence-electron chi connectivity index (χ1n) is 7.82. The molecule has 0 amide bonds. The zero-order chi connectivity index (χ0) is 16.3. The maximum Gasteiger partial charge on any atom is 0.492 e. The molecule has 0 saturated carbocycles. The molecular weight excluding hydrogens is 306 g/mol. The Balaban J connectivity index is 1.83. The van der Waals surface area contributed by atoms with Gasteiger partial charge in [0.15, 0.2) is 0 Å². The number of hydrogen-bond acceptors (Lipinski definition) is 4. The summed E-state index contributed by atoms with van der Waals surface area (Å²) < 4.78 is 0. The Morgan fingerprint density at radius 3 is 1.96 bits per heavy atom. The third kappa shape index (κ3) is 3.96. The van der Waals surface area contributed by atoms with Crippen LogP contribution in [0.25, 0.3) is 21.5 Å². The standard InChI is InChI=1S/C18H21NO3Si/c20-23(21,22)11-5-10-19-13-18-16-8-3-1-6-14(16)12-15-7-2-4-9-17(15)18/h1-4,6-9,12,19-22H,5,10-11,13H2. The van der Waals surface area contributed by atoms with Crippen LogP contribution in [0.2, 0.25) is 6.04 Å². The summed E-state index contributed by atoms with van der Waals surface area (Å²) in [6.45, 7) is 1.34. The number of nitrogens with one attached hydrogen (secondary N) is 1. The van der Waals surface area contributed by atoms with Gasteiger partial charge in [-0.15, -0.1) is 0 Å². The maximum atomic E-state index is 9.04. The summed E-state index contributed by atoms with van der Waals surface area (Å²) in [5.74, 6) is 0. The van der Waals surface area contributed by atoms with Crippen molar-refractivity contribution < 1.29 is 14.4 Å². The summed E-state index contributed by atoms with van der Waals surface area (Å²) in [5.41, 5.74) is 1.25. The van der Waals surface area contributed by atoms with E-state index in [0.29, 0.717) is 19.5 Å². The topological polar surface area (TPSA) is 72.7 Å². The molecule has 0 atom stereocenters. The number of hydrogen-bond donors (Lipinski definition) is 4. The normalized spacial score (nSPS) is 12.1. The summed E-state index contributed by atoms with van der Waals surface area (Å²) in [6.07, 6.45) is 0.540. The molecule has 0 heterocycles. The van der Waals surface area contributed by atoms with Crippen LogP contribution in [-0.2, 0) is 6.54 Å². The van der Waals surface area contributed by atoms with Gasteiger partial charge in [0, 0.05) is 12.6 Å². The molecule has 0 fully saturated rings. The van der Waals surface area contributed by atoms with Gasteiger partial charge in [0.25, 0.3) is 0 Å². The number of benzene rings is 3. The Hall–Kier alpha value is -1.76. The van der Waals surface area contributed by atoms with Crippen molar-refractivity contribution in [3.63, 3.8) is 0 Å². The van der Waals surface area contributed by atoms with Crippen LogP contribution in [0.1, 0.15) is 12.0 Å². The molecule has 120 valence electrons. The lowest BCUT2D eigenvalue weighted by Gasteiger charge is -2.13. The number of rotatable bonds is 6. The van der Waals surface area contributed by atoms with Gasteiger partial charge in [-0.05, 0) is 46.1 Å². The predicted molar refractivity (Wildman–Crippen MR) is 95.0 cm³/mol. The number of fused-ring (bicyclic) bond motifs is 2. The Morgan fingerprint density at radius 1 is 0.826 bits per heavy atom. The van der Waals surface area contributed by atoms with Crippen molar-refractivity contribution in [2.24, 2.45) is 0 Å². The van der Waals surface area contributed by atoms with Gasteiger partial charge in [-0.2, -0.15) is 0 Å². The second-order valence-electron chi connectivity index (χ2n) is 5.85. The van der Waals surface area contributed by atoms with E-state index in [0.717, 1.165) is 0 Å². The molecule has 3 aromatic rings. The summed E-state index contributed by atoms with van der Waals surface area (Å²) >= 11 is 0. The Bertz CT molecular complexity index is 760. The van der Waals surface area contributed by atoms with Crippen molar-refractivity contribution in [1.82, 2.24) is 5.32 Å². The van der Waals surface area contributed by atoms with Crippen LogP contribution in [-0.4, -0.2) is 29.7 Å². The molecule has 4 nitrogen and oxygen atoms in total. The third-order valence-corrected chi connectivity index (χ3v) is 5.07. The van der Waals surface area contributed by atoms with Gasteiger partial charge < -0.3 is 19.7 Å². The van der Waals surface area contributed by atoms with Crippen LogP contribution < -0.4 is 5.32 Å². The highest BCUT2D eigenvalue weighted by atomic mass is 28.4. The smallest absolute Gasteiger partial charge is 0.390 e. The van der Waals surface area contributed by atoms with Crippen LogP contribution >= 0.6 is 0 Å². The van der Waals surface area contributed by atoms with Gasteiger partial charge in [0.05, 0.1) is 0 Å². The molecule has 23 heavy (non-hydrogen) atoms. The van der Waals surface area contributed by atoms with Crippen LogP contribution in [0.15, 0.2) is 54.6 Å². The predicted octanol–water partition coefficient (Wildman–Crippen LogP) is 2.39. The van der Waals surface area contributed by atoms with Crippen molar-refractivity contribution in [3.05, 3.63) is 60.2 Å². The minimum absolute atomic E-state index is 0.0658. The van der Waals surface area contributed by atoms with E-state index in [1.807, 2.05) is 24.3 Å². The molecule has 0 aliphatic rings. The average molecular weight is 327 g/mol. The van der Waals surface area contributed by atoms with Crippen LogP contribution in [0.3, 0.4) is 0 Å². The molecule has 0 spiro atoms. The molecule has 0 aromatic heterocycles. The first kappa shape index (κ1) is 16.1. The van der Waals surface area contributed by atoms with Gasteiger partial charge in [-0.1, -0.05) is 48.5 Å². The third-order valence-electron chi connectivity index (χ3n) is 4.05. The highest BCUT2D eigenvalue weighted by Gasteiger charge is 2.25. The average Bonchev–Trinajstić information content (AvgIpc) is 2.52. The molecule has 3 rings (SSSR count). The summed E-state index contributed by atoms with van der Waals surface area (Å²) in [7, 11) is -3.91. The minimum atomic E-state index is -3.91. The molecule has 5 heteroatoms. The fourth-order valence-corrected chi connectivity index (χ4v) is 3.61. The quantitative estimate of drug-likeness (QED) is 0.319. The Morgan fingerprint density at radius 2 is 1.39 bits per heavy atom. The molecule has 3 aromatic carbocycles. The molecule has 4 N–H and O–H groups in total. The maximum absolute atomic E-state index is 9.04. The van der Waals surface area contributed by atoms with Crippen molar-refractivity contribution in [1.29, 1.82) is 0 Å². The summed E-state index contributed by atoms with van der Waals surface area (Å²) in [5, 5.41) is 8.24. The first-order valence-corrected chi connectivity index (χ1v) is 9.87. The Labute approximate surface area is 136 Å². The van der Waals surface area contributed by atoms with Crippen LogP contribution in [0, 0.1) is 0 Å². The van der Waals surface area contributed by atoms with E-state index >= 15 is 0 Å². The second kappa shape index (κ2) is 6.78. The van der Waals surface area contributed by atoms with Crippen molar-refractivity contribution in [3.8, 4) is 0 Å². The van der Waals surface area contributed by atoms with Crippen molar-refractivity contribution in [2.75, 3.05) is 6.54 Å². The zero-order valence-electron chi connectivity index (χ0n) is 12.9. The van der Waals surface area contributed by atoms with E-state index in [9.17, 15) is 0 Å². The largest absolute Gasteiger partial charge is 0.492 e. The van der Waals surface area contributed by atoms with Gasteiger partial charge in [-0.3, -0.25) is 0 Å². The molecule has 0 bridgehead atoms. The fourth-order valence-electron chi connectivity index (χ4n) is 2.96. The van der Waals surface area contributed by atoms with E-state index in [2.05, 4.69) is 35.6 Å². The SMILES string of the molecule is O[Si](O)(O)CCCNCc1c2ccccc2cc2ccccc12. The summed E-state index contributed by atoms with van der Waals surface area (Å²) in [6, 6.07) is 19.0. The van der Waals surface area contributed by atoms with Gasteiger partial charge in [-0.25, -0.2) is 0 Å². The molecule has 0 radical (unpaired) electrons. The van der Waals surface area contributed by atoms with Gasteiger partial charge in [0.2, 0.25) is 0 Å². The van der Waals surface area contributed by atoms with Crippen molar-refractivity contribution in [2.45, 2.75) is 19.0 Å². The highest BCUT2D eigenvalue weighted by molar-refractivity contribution is 6.56. The van der Waals surface area contributed by atoms with E-state index in [1.165, 1.54) is 27.1 Å². The monoisotopic (exact) mass is 327 g/mol. The molecule has 0 unspecified atom stereocenters. The van der Waals surface area contributed by atoms with Crippen LogP contribution in [0.4, 0.5) is 0 Å². The van der Waals surface area contributed by atoms with E-state index in [4.69, 9.17) is 14.4 Å². The lowest BCUT2D eigenvalue weighted by atomic mass is 9.97. The van der Waals surface area contributed by atoms with Gasteiger partial charge >= 0.3 is 8.80 Å². The first-order chi connectivity index (χ1) is 11.0. The molecular formula is C18H21NO3Si. The van der Waals surface area contributed by atoms with E-state index < -0.39 is 8.80 Å². The minimum Gasteiger partial charge on any atom is -0.390 e. The van der Waals surface area contributed by atoms with E-state index in [-0.39, 0.29) is 6.04 Å².